The van der Waals surface area contributed by atoms with Gasteiger partial charge in [0.15, 0.2) is 0 Å². The molecule has 9 heteroatoms. The largest absolute Gasteiger partial charge is 0.497 e. The summed E-state index contributed by atoms with van der Waals surface area (Å²) in [6, 6.07) is 21.4. The SMILES string of the molecule is CCCCNC(=O)[C@H](C)N(Cc1cccc(OC)c1)C(=O)CN(c1cccc(C)c1)S(=O)(=O)c1ccccc1. The summed E-state index contributed by atoms with van der Waals surface area (Å²) >= 11 is 0. The molecule has 39 heavy (non-hydrogen) atoms. The molecule has 1 N–H and O–H groups in total. The maximum Gasteiger partial charge on any atom is 0.264 e. The van der Waals surface area contributed by atoms with Crippen molar-refractivity contribution in [3.63, 3.8) is 0 Å². The molecule has 0 unspecified atom stereocenters. The number of nitrogens with one attached hydrogen (secondary N) is 1. The fourth-order valence-electron chi connectivity index (χ4n) is 4.12. The van der Waals surface area contributed by atoms with Crippen molar-refractivity contribution in [2.75, 3.05) is 24.5 Å². The molecule has 1 atom stereocenters. The number of sulfonamides is 1. The molecule has 3 rings (SSSR count). The van der Waals surface area contributed by atoms with Crippen molar-refractivity contribution in [2.45, 2.75) is 51.1 Å². The predicted molar refractivity (Wildman–Crippen MR) is 153 cm³/mol. The Hall–Kier alpha value is -3.85. The maximum atomic E-state index is 13.9. The topological polar surface area (TPSA) is 96.0 Å². The van der Waals surface area contributed by atoms with Gasteiger partial charge in [0, 0.05) is 13.1 Å². The van der Waals surface area contributed by atoms with Gasteiger partial charge in [-0.2, -0.15) is 0 Å². The van der Waals surface area contributed by atoms with E-state index in [-0.39, 0.29) is 17.3 Å². The second-order valence-electron chi connectivity index (χ2n) is 9.36. The number of nitrogens with zero attached hydrogens (tertiary/aromatic N) is 2. The first-order valence-corrected chi connectivity index (χ1v) is 14.5. The number of rotatable bonds is 13. The average Bonchev–Trinajstić information content (AvgIpc) is 2.94. The number of methoxy groups -OCH3 is 1. The zero-order valence-electron chi connectivity index (χ0n) is 23.0. The van der Waals surface area contributed by atoms with Crippen LogP contribution in [0, 0.1) is 6.92 Å². The van der Waals surface area contributed by atoms with Crippen LogP contribution in [0.1, 0.15) is 37.8 Å². The zero-order chi connectivity index (χ0) is 28.4. The van der Waals surface area contributed by atoms with Crippen LogP contribution in [0.25, 0.3) is 0 Å². The third kappa shape index (κ3) is 7.83. The summed E-state index contributed by atoms with van der Waals surface area (Å²) in [6.45, 7) is 5.67. The highest BCUT2D eigenvalue weighted by Gasteiger charge is 2.32. The van der Waals surface area contributed by atoms with E-state index in [0.717, 1.165) is 28.3 Å². The quantitative estimate of drug-likeness (QED) is 0.315. The van der Waals surface area contributed by atoms with Gasteiger partial charge < -0.3 is 15.0 Å². The second-order valence-corrected chi connectivity index (χ2v) is 11.2. The molecule has 0 saturated carbocycles. The lowest BCUT2D eigenvalue weighted by Crippen LogP contribution is -2.51. The van der Waals surface area contributed by atoms with Gasteiger partial charge in [0.1, 0.15) is 18.3 Å². The first kappa shape index (κ1) is 29.7. The molecule has 3 aromatic carbocycles. The molecule has 208 valence electrons. The minimum atomic E-state index is -4.08. The lowest BCUT2D eigenvalue weighted by Gasteiger charge is -2.32. The molecule has 0 fully saturated rings. The molecule has 0 aromatic heterocycles. The van der Waals surface area contributed by atoms with Gasteiger partial charge in [-0.15, -0.1) is 0 Å². The number of hydrogen-bond donors (Lipinski definition) is 1. The van der Waals surface area contributed by atoms with E-state index in [1.165, 1.54) is 17.0 Å². The van der Waals surface area contributed by atoms with E-state index in [1.807, 2.05) is 32.0 Å². The number of carbonyl (C=O) groups excluding carboxylic acids is 2. The fraction of sp³-hybridized carbons (Fsp3) is 0.333. The highest BCUT2D eigenvalue weighted by atomic mass is 32.2. The normalized spacial score (nSPS) is 11.9. The van der Waals surface area contributed by atoms with Crippen LogP contribution in [0.2, 0.25) is 0 Å². The first-order valence-electron chi connectivity index (χ1n) is 13.0. The van der Waals surface area contributed by atoms with Gasteiger partial charge in [-0.3, -0.25) is 13.9 Å². The number of aryl methyl sites for hydroxylation is 1. The molecule has 0 saturated heterocycles. The third-order valence-corrected chi connectivity index (χ3v) is 8.17. The number of anilines is 1. The molecule has 3 aromatic rings. The number of unbranched alkanes of at least 4 members (excludes halogenated alkanes) is 1. The van der Waals surface area contributed by atoms with Crippen LogP contribution in [0.3, 0.4) is 0 Å². The van der Waals surface area contributed by atoms with E-state index in [4.69, 9.17) is 4.74 Å². The van der Waals surface area contributed by atoms with Crippen LogP contribution in [0.15, 0.2) is 83.8 Å². The predicted octanol–water partition coefficient (Wildman–Crippen LogP) is 4.53. The van der Waals surface area contributed by atoms with Gasteiger partial charge in [-0.1, -0.05) is 55.8 Å². The van der Waals surface area contributed by atoms with E-state index in [1.54, 1.807) is 62.6 Å². The van der Waals surface area contributed by atoms with Gasteiger partial charge in [0.2, 0.25) is 11.8 Å². The number of hydrogen-bond acceptors (Lipinski definition) is 5. The zero-order valence-corrected chi connectivity index (χ0v) is 23.8. The molecule has 0 aliphatic heterocycles. The molecule has 0 radical (unpaired) electrons. The molecular formula is C30H37N3O5S. The number of amides is 2. The summed E-state index contributed by atoms with van der Waals surface area (Å²) in [7, 11) is -2.53. The van der Waals surface area contributed by atoms with E-state index in [2.05, 4.69) is 5.32 Å². The van der Waals surface area contributed by atoms with Crippen molar-refractivity contribution in [1.29, 1.82) is 0 Å². The van der Waals surface area contributed by atoms with E-state index in [9.17, 15) is 18.0 Å². The first-order chi connectivity index (χ1) is 18.7. The number of carbonyl (C=O) groups is 2. The van der Waals surface area contributed by atoms with Crippen molar-refractivity contribution in [1.82, 2.24) is 10.2 Å². The Bertz CT molecular complexity index is 1360. The summed E-state index contributed by atoms with van der Waals surface area (Å²) in [5, 5.41) is 2.89. The van der Waals surface area contributed by atoms with Gasteiger partial charge in [0.25, 0.3) is 10.0 Å². The van der Waals surface area contributed by atoms with E-state index in [0.29, 0.717) is 18.0 Å². The Balaban J connectivity index is 2.00. The number of ether oxygens (including phenoxy) is 1. The minimum Gasteiger partial charge on any atom is -0.497 e. The molecule has 2 amide bonds. The van der Waals surface area contributed by atoms with E-state index < -0.39 is 28.5 Å². The molecule has 0 aliphatic rings. The highest BCUT2D eigenvalue weighted by molar-refractivity contribution is 7.92. The Kier molecular flexibility index (Phi) is 10.5. The van der Waals surface area contributed by atoms with Crippen molar-refractivity contribution in [3.05, 3.63) is 90.0 Å². The Morgan fingerprint density at radius 3 is 2.36 bits per heavy atom. The van der Waals surface area contributed by atoms with Crippen LogP contribution in [-0.4, -0.2) is 51.4 Å². The molecule has 0 aliphatic carbocycles. The molecule has 0 bridgehead atoms. The lowest BCUT2D eigenvalue weighted by molar-refractivity contribution is -0.139. The highest BCUT2D eigenvalue weighted by Crippen LogP contribution is 2.25. The van der Waals surface area contributed by atoms with Crippen LogP contribution < -0.4 is 14.4 Å². The Morgan fingerprint density at radius 1 is 0.974 bits per heavy atom. The number of benzene rings is 3. The van der Waals surface area contributed by atoms with Crippen LogP contribution in [0.5, 0.6) is 5.75 Å². The van der Waals surface area contributed by atoms with Gasteiger partial charge in [-0.05, 0) is 67.8 Å². The maximum absolute atomic E-state index is 13.9. The summed E-state index contributed by atoms with van der Waals surface area (Å²) in [5.41, 5.74) is 1.97. The molecular weight excluding hydrogens is 514 g/mol. The third-order valence-electron chi connectivity index (χ3n) is 6.38. The molecule has 0 heterocycles. The summed E-state index contributed by atoms with van der Waals surface area (Å²) in [6.07, 6.45) is 1.74. The van der Waals surface area contributed by atoms with Gasteiger partial charge >= 0.3 is 0 Å². The summed E-state index contributed by atoms with van der Waals surface area (Å²) < 4.78 is 34.0. The van der Waals surface area contributed by atoms with Crippen molar-refractivity contribution in [2.24, 2.45) is 0 Å². The standard InChI is InChI=1S/C30H37N3O5S/c1-5-6-18-31-30(35)24(3)32(21-25-13-11-15-27(20-25)38-4)29(34)22-33(26-14-10-12-23(2)19-26)39(36,37)28-16-8-7-9-17-28/h7-17,19-20,24H,5-6,18,21-22H2,1-4H3,(H,31,35)/t24-/m0/s1. The van der Waals surface area contributed by atoms with Gasteiger partial charge in [-0.25, -0.2) is 8.42 Å². The van der Waals surface area contributed by atoms with E-state index >= 15 is 0 Å². The minimum absolute atomic E-state index is 0.0732. The van der Waals surface area contributed by atoms with Crippen LogP contribution >= 0.6 is 0 Å². The summed E-state index contributed by atoms with van der Waals surface area (Å²) in [4.78, 5) is 28.5. The average molecular weight is 552 g/mol. The summed E-state index contributed by atoms with van der Waals surface area (Å²) in [5.74, 6) is -0.183. The van der Waals surface area contributed by atoms with Gasteiger partial charge in [0.05, 0.1) is 17.7 Å². The van der Waals surface area contributed by atoms with Crippen molar-refractivity contribution < 1.29 is 22.7 Å². The second kappa shape index (κ2) is 13.8. The molecule has 8 nitrogen and oxygen atoms in total. The van der Waals surface area contributed by atoms with Crippen LogP contribution in [0.4, 0.5) is 5.69 Å². The molecule has 0 spiro atoms. The Morgan fingerprint density at radius 2 is 1.69 bits per heavy atom. The van der Waals surface area contributed by atoms with Crippen molar-refractivity contribution >= 4 is 27.5 Å². The monoisotopic (exact) mass is 551 g/mol. The fourth-order valence-corrected chi connectivity index (χ4v) is 5.54. The van der Waals surface area contributed by atoms with Crippen LogP contribution in [-0.2, 0) is 26.2 Å². The van der Waals surface area contributed by atoms with Crippen molar-refractivity contribution in [3.8, 4) is 5.75 Å². The Labute approximate surface area is 231 Å². The smallest absolute Gasteiger partial charge is 0.264 e. The lowest BCUT2D eigenvalue weighted by atomic mass is 10.1.